The Kier molecular flexibility index (Phi) is 9.96. The zero-order chi connectivity index (χ0) is 38.4. The molecule has 3 aromatic rings. The maximum absolute atomic E-state index is 13.3. The third-order valence-electron chi connectivity index (χ3n) is 11.8. The lowest BCUT2D eigenvalue weighted by Crippen LogP contribution is -2.63. The van der Waals surface area contributed by atoms with E-state index in [1.165, 1.54) is 0 Å². The van der Waals surface area contributed by atoms with Gasteiger partial charge >= 0.3 is 0 Å². The summed E-state index contributed by atoms with van der Waals surface area (Å²) in [5, 5.41) is 15.0. The summed E-state index contributed by atoms with van der Waals surface area (Å²) in [6, 6.07) is 19.7. The van der Waals surface area contributed by atoms with E-state index in [9.17, 15) is 24.0 Å². The third-order valence-corrected chi connectivity index (χ3v) is 12.1. The summed E-state index contributed by atoms with van der Waals surface area (Å²) in [5.74, 6) is -1.20. The summed E-state index contributed by atoms with van der Waals surface area (Å²) < 4.78 is 6.20. The molecule has 13 nitrogen and oxygen atoms in total. The van der Waals surface area contributed by atoms with E-state index in [0.29, 0.717) is 33.5 Å². The highest BCUT2D eigenvalue weighted by molar-refractivity contribution is 6.31. The van der Waals surface area contributed by atoms with Gasteiger partial charge in [-0.2, -0.15) is 5.26 Å². The Hall–Kier alpha value is -5.45. The minimum Gasteiger partial charge on any atom is -0.490 e. The number of nitriles is 1. The number of rotatable bonds is 8. The molecule has 0 radical (unpaired) electrons. The van der Waals surface area contributed by atoms with Crippen LogP contribution in [-0.2, 0) is 9.59 Å². The standard InChI is InChI=1S/C41H42ClN7O6/c1-24-18-27(5-12-36(24)55-31-9-4-26(21-43)34(42)20-31)44-38(51)25-2-6-28(7-3-25)46-14-16-47(17-15-46)30-22-48(23-30)29-8-10-32-33(19-29)41(54)49(40(32)53)35-11-13-37(50)45-39(35)52/h2-4,6-10,19-20,24,27,30,35-36H,5,11-18,22-23H2,1H3,(H,44,51)(H,45,50,52)/t24-,27-,35?,36-/m0/s1. The number of benzene rings is 3. The maximum Gasteiger partial charge on any atom is 0.262 e. The average molecular weight is 764 g/mol. The number of amides is 5. The molecule has 2 N–H and O–H groups in total. The summed E-state index contributed by atoms with van der Waals surface area (Å²) in [6.45, 7) is 7.29. The van der Waals surface area contributed by atoms with Crippen LogP contribution in [0.4, 0.5) is 11.4 Å². The Balaban J connectivity index is 0.783. The number of nitrogens with one attached hydrogen (secondary N) is 2. The van der Waals surface area contributed by atoms with E-state index in [0.717, 1.165) is 74.8 Å². The molecule has 4 atom stereocenters. The Morgan fingerprint density at radius 1 is 0.873 bits per heavy atom. The third kappa shape index (κ3) is 7.24. The number of fused-ring (bicyclic) bond motifs is 1. The van der Waals surface area contributed by atoms with Crippen LogP contribution in [0.1, 0.15) is 75.7 Å². The van der Waals surface area contributed by atoms with Crippen LogP contribution in [0.15, 0.2) is 60.7 Å². The molecule has 55 heavy (non-hydrogen) atoms. The van der Waals surface area contributed by atoms with Crippen molar-refractivity contribution in [3.05, 3.63) is 87.9 Å². The SMILES string of the molecule is C[C@H]1C[C@@H](NC(=O)c2ccc(N3CCN(C4CN(c5ccc6c(c5)C(=O)N(C5CCC(=O)NC5=O)C6=O)C4)CC3)cc2)CC[C@@H]1Oc1ccc(C#N)c(Cl)c1. The molecule has 14 heteroatoms. The molecule has 284 valence electrons. The fourth-order valence-electron chi connectivity index (χ4n) is 8.50. The number of piperidine rings is 1. The monoisotopic (exact) mass is 763 g/mol. The van der Waals surface area contributed by atoms with Gasteiger partial charge in [0.2, 0.25) is 11.8 Å². The normalized spacial score (nSPS) is 24.6. The van der Waals surface area contributed by atoms with E-state index in [1.807, 2.05) is 30.3 Å². The summed E-state index contributed by atoms with van der Waals surface area (Å²) in [6.07, 6.45) is 2.64. The number of piperazine rings is 1. The second-order valence-corrected chi connectivity index (χ2v) is 15.6. The summed E-state index contributed by atoms with van der Waals surface area (Å²) >= 11 is 6.18. The van der Waals surface area contributed by atoms with Gasteiger partial charge in [0.1, 0.15) is 24.0 Å². The zero-order valence-electron chi connectivity index (χ0n) is 30.5. The molecule has 0 aromatic heterocycles. The van der Waals surface area contributed by atoms with Crippen LogP contribution in [0.2, 0.25) is 5.02 Å². The average Bonchev–Trinajstić information content (AvgIpc) is 3.40. The van der Waals surface area contributed by atoms with E-state index in [2.05, 4.69) is 38.3 Å². The lowest BCUT2D eigenvalue weighted by atomic mass is 9.84. The zero-order valence-corrected chi connectivity index (χ0v) is 31.3. The number of halogens is 1. The second kappa shape index (κ2) is 15.0. The maximum atomic E-state index is 13.3. The van der Waals surface area contributed by atoms with Crippen molar-refractivity contribution in [1.29, 1.82) is 5.26 Å². The Morgan fingerprint density at radius 2 is 1.60 bits per heavy atom. The fraction of sp³-hybridized carbons (Fsp3) is 0.415. The lowest BCUT2D eigenvalue weighted by Gasteiger charge is -2.49. The number of hydrogen-bond donors (Lipinski definition) is 2. The van der Waals surface area contributed by atoms with E-state index in [1.54, 1.807) is 30.3 Å². The van der Waals surface area contributed by atoms with Crippen LogP contribution in [0.5, 0.6) is 5.75 Å². The predicted octanol–water partition coefficient (Wildman–Crippen LogP) is 3.99. The van der Waals surface area contributed by atoms with Gasteiger partial charge in [-0.15, -0.1) is 0 Å². The smallest absolute Gasteiger partial charge is 0.262 e. The van der Waals surface area contributed by atoms with Gasteiger partial charge in [0.25, 0.3) is 17.7 Å². The molecule has 1 aliphatic carbocycles. The van der Waals surface area contributed by atoms with E-state index >= 15 is 0 Å². The second-order valence-electron chi connectivity index (χ2n) is 15.2. The van der Waals surface area contributed by atoms with Gasteiger partial charge in [-0.3, -0.25) is 39.1 Å². The summed E-state index contributed by atoms with van der Waals surface area (Å²) in [7, 11) is 0. The van der Waals surface area contributed by atoms with Crippen molar-refractivity contribution in [3.63, 3.8) is 0 Å². The Morgan fingerprint density at radius 3 is 2.29 bits per heavy atom. The molecule has 4 heterocycles. The Labute approximate surface area is 324 Å². The molecular formula is C41H42ClN7O6. The number of ether oxygens (including phenoxy) is 1. The molecule has 5 amide bonds. The molecular weight excluding hydrogens is 722 g/mol. The topological polar surface area (TPSA) is 155 Å². The highest BCUT2D eigenvalue weighted by atomic mass is 35.5. The van der Waals surface area contributed by atoms with Crippen molar-refractivity contribution in [1.82, 2.24) is 20.4 Å². The van der Waals surface area contributed by atoms with Crippen molar-refractivity contribution in [3.8, 4) is 11.8 Å². The fourth-order valence-corrected chi connectivity index (χ4v) is 8.71. The van der Waals surface area contributed by atoms with Gasteiger partial charge in [0, 0.05) is 80.8 Å². The molecule has 4 aliphatic heterocycles. The van der Waals surface area contributed by atoms with Crippen LogP contribution in [0.25, 0.3) is 0 Å². The van der Waals surface area contributed by atoms with Crippen LogP contribution in [0, 0.1) is 17.2 Å². The predicted molar refractivity (Wildman–Crippen MR) is 204 cm³/mol. The van der Waals surface area contributed by atoms with Gasteiger partial charge in [0.05, 0.1) is 21.7 Å². The molecule has 8 rings (SSSR count). The molecule has 5 aliphatic rings. The highest BCUT2D eigenvalue weighted by Crippen LogP contribution is 2.34. The number of carbonyl (C=O) groups excluding carboxylic acids is 5. The highest BCUT2D eigenvalue weighted by Gasteiger charge is 2.45. The molecule has 0 spiro atoms. The van der Waals surface area contributed by atoms with E-state index < -0.39 is 29.7 Å². The molecule has 3 saturated heterocycles. The molecule has 0 bridgehead atoms. The van der Waals surface area contributed by atoms with Gasteiger partial charge in [-0.05, 0) is 86.2 Å². The van der Waals surface area contributed by atoms with Crippen molar-refractivity contribution in [2.24, 2.45) is 5.92 Å². The first-order valence-corrected chi connectivity index (χ1v) is 19.3. The number of nitrogens with zero attached hydrogens (tertiary/aromatic N) is 5. The van der Waals surface area contributed by atoms with Crippen molar-refractivity contribution in [2.45, 2.75) is 63.3 Å². The minimum atomic E-state index is -0.978. The number of hydrogen-bond acceptors (Lipinski definition) is 10. The molecule has 1 unspecified atom stereocenters. The minimum absolute atomic E-state index is 0.00601. The first kappa shape index (κ1) is 36.5. The quantitative estimate of drug-likeness (QED) is 0.322. The van der Waals surface area contributed by atoms with E-state index in [4.69, 9.17) is 21.6 Å². The van der Waals surface area contributed by atoms with Crippen molar-refractivity contribution in [2.75, 3.05) is 49.1 Å². The number of anilines is 2. The van der Waals surface area contributed by atoms with Crippen LogP contribution in [0.3, 0.4) is 0 Å². The van der Waals surface area contributed by atoms with Crippen molar-refractivity contribution < 1.29 is 28.7 Å². The Bertz CT molecular complexity index is 2090. The first-order chi connectivity index (χ1) is 26.6. The first-order valence-electron chi connectivity index (χ1n) is 18.9. The van der Waals surface area contributed by atoms with Gasteiger partial charge < -0.3 is 19.9 Å². The largest absolute Gasteiger partial charge is 0.490 e. The number of carbonyl (C=O) groups is 5. The van der Waals surface area contributed by atoms with Gasteiger partial charge in [0.15, 0.2) is 0 Å². The summed E-state index contributed by atoms with van der Waals surface area (Å²) in [4.78, 5) is 71.6. The van der Waals surface area contributed by atoms with Crippen LogP contribution in [-0.4, -0.2) is 103 Å². The molecule has 4 fully saturated rings. The lowest BCUT2D eigenvalue weighted by molar-refractivity contribution is -0.136. The van der Waals surface area contributed by atoms with Gasteiger partial charge in [-0.25, -0.2) is 0 Å². The van der Waals surface area contributed by atoms with E-state index in [-0.39, 0.29) is 42.4 Å². The number of imide groups is 2. The van der Waals surface area contributed by atoms with Crippen molar-refractivity contribution >= 4 is 52.5 Å². The summed E-state index contributed by atoms with van der Waals surface area (Å²) in [5.41, 5.74) is 3.59. The van der Waals surface area contributed by atoms with Crippen LogP contribution < -0.4 is 25.2 Å². The van der Waals surface area contributed by atoms with Crippen LogP contribution >= 0.6 is 11.6 Å². The molecule has 3 aromatic carbocycles. The van der Waals surface area contributed by atoms with Gasteiger partial charge in [-0.1, -0.05) is 18.5 Å². The molecule has 1 saturated carbocycles.